The summed E-state index contributed by atoms with van der Waals surface area (Å²) in [6.45, 7) is 2.11. The van der Waals surface area contributed by atoms with E-state index in [1.54, 1.807) is 11.3 Å². The number of imidazole rings is 1. The van der Waals surface area contributed by atoms with E-state index in [1.165, 1.54) is 4.88 Å². The number of benzene rings is 2. The van der Waals surface area contributed by atoms with Gasteiger partial charge in [-0.1, -0.05) is 60.7 Å². The summed E-state index contributed by atoms with van der Waals surface area (Å²) in [7, 11) is 0. The summed E-state index contributed by atoms with van der Waals surface area (Å²) in [5.41, 5.74) is 10.6. The maximum absolute atomic E-state index is 6.43. The molecular formula is C18H15N3S. The third kappa shape index (κ3) is 1.92. The monoisotopic (exact) mass is 305 g/mol. The summed E-state index contributed by atoms with van der Waals surface area (Å²) >= 11 is 1.68. The number of hydrogen-bond donors (Lipinski definition) is 1. The Morgan fingerprint density at radius 3 is 2.14 bits per heavy atom. The van der Waals surface area contributed by atoms with Crippen LogP contribution in [0, 0.1) is 6.92 Å². The molecule has 2 heterocycles. The number of nitrogen functional groups attached to an aromatic ring is 1. The average molecular weight is 305 g/mol. The van der Waals surface area contributed by atoms with Gasteiger partial charge in [-0.3, -0.25) is 4.40 Å². The van der Waals surface area contributed by atoms with Gasteiger partial charge in [-0.2, -0.15) is 0 Å². The Kier molecular flexibility index (Phi) is 2.98. The van der Waals surface area contributed by atoms with Crippen molar-refractivity contribution in [1.29, 1.82) is 0 Å². The van der Waals surface area contributed by atoms with Crippen molar-refractivity contribution in [1.82, 2.24) is 9.38 Å². The summed E-state index contributed by atoms with van der Waals surface area (Å²) < 4.78 is 2.07. The predicted octanol–water partition coefficient (Wildman–Crippen LogP) is 4.62. The van der Waals surface area contributed by atoms with Gasteiger partial charge in [0.2, 0.25) is 0 Å². The van der Waals surface area contributed by atoms with Crippen LogP contribution in [0.2, 0.25) is 0 Å². The zero-order valence-electron chi connectivity index (χ0n) is 12.2. The third-order valence-corrected chi connectivity index (χ3v) is 4.73. The van der Waals surface area contributed by atoms with Gasteiger partial charge < -0.3 is 5.73 Å². The molecule has 0 saturated heterocycles. The summed E-state index contributed by atoms with van der Waals surface area (Å²) in [5.74, 6) is 0.699. The standard InChI is InChI=1S/C18H15N3S/c1-12-16(14-10-6-3-7-11-14)21-17(19)15(20-18(21)22-12)13-8-4-2-5-9-13/h2-11H,19H2,1H3. The Bertz CT molecular complexity index is 937. The molecule has 0 amide bonds. The van der Waals surface area contributed by atoms with E-state index in [1.807, 2.05) is 48.5 Å². The molecule has 0 bridgehead atoms. The molecule has 4 aromatic rings. The Labute approximate surface area is 132 Å². The van der Waals surface area contributed by atoms with Crippen LogP contribution in [0.4, 0.5) is 5.82 Å². The molecular weight excluding hydrogens is 290 g/mol. The first-order chi connectivity index (χ1) is 10.8. The molecule has 0 aliphatic carbocycles. The summed E-state index contributed by atoms with van der Waals surface area (Å²) in [5, 5.41) is 0. The van der Waals surface area contributed by atoms with E-state index in [0.717, 1.165) is 27.5 Å². The number of aryl methyl sites for hydroxylation is 1. The number of rotatable bonds is 2. The largest absolute Gasteiger partial charge is 0.383 e. The lowest BCUT2D eigenvalue weighted by Gasteiger charge is -2.04. The van der Waals surface area contributed by atoms with Crippen LogP contribution in [0.3, 0.4) is 0 Å². The minimum atomic E-state index is 0.699. The molecule has 0 radical (unpaired) electrons. The van der Waals surface area contributed by atoms with Crippen molar-refractivity contribution < 1.29 is 0 Å². The molecule has 22 heavy (non-hydrogen) atoms. The SMILES string of the molecule is Cc1sc2nc(-c3ccccc3)c(N)n2c1-c1ccccc1. The smallest absolute Gasteiger partial charge is 0.196 e. The van der Waals surface area contributed by atoms with Gasteiger partial charge in [0.05, 0.1) is 5.69 Å². The van der Waals surface area contributed by atoms with Crippen molar-refractivity contribution in [2.45, 2.75) is 6.92 Å². The zero-order valence-corrected chi connectivity index (χ0v) is 13.0. The van der Waals surface area contributed by atoms with Gasteiger partial charge in [-0.25, -0.2) is 4.98 Å². The number of thiazole rings is 1. The van der Waals surface area contributed by atoms with E-state index >= 15 is 0 Å². The molecule has 2 aromatic heterocycles. The Morgan fingerprint density at radius 1 is 0.909 bits per heavy atom. The average Bonchev–Trinajstić information content (AvgIpc) is 3.05. The molecule has 0 aliphatic rings. The number of fused-ring (bicyclic) bond motifs is 1. The van der Waals surface area contributed by atoms with Crippen molar-refractivity contribution in [3.05, 3.63) is 65.5 Å². The highest BCUT2D eigenvalue weighted by molar-refractivity contribution is 7.17. The Hall–Kier alpha value is -2.59. The topological polar surface area (TPSA) is 43.3 Å². The molecule has 0 aliphatic heterocycles. The zero-order chi connectivity index (χ0) is 15.1. The Balaban J connectivity index is 2.00. The first-order valence-corrected chi connectivity index (χ1v) is 7.95. The van der Waals surface area contributed by atoms with Crippen molar-refractivity contribution in [3.8, 4) is 22.5 Å². The lowest BCUT2D eigenvalue weighted by Crippen LogP contribution is -1.96. The summed E-state index contributed by atoms with van der Waals surface area (Å²) in [6, 6.07) is 20.4. The normalized spacial score (nSPS) is 11.1. The minimum Gasteiger partial charge on any atom is -0.383 e. The van der Waals surface area contributed by atoms with Gasteiger partial charge in [-0.15, -0.1) is 11.3 Å². The van der Waals surface area contributed by atoms with Crippen LogP contribution in [0.15, 0.2) is 60.7 Å². The van der Waals surface area contributed by atoms with E-state index in [0.29, 0.717) is 5.82 Å². The highest BCUT2D eigenvalue weighted by Gasteiger charge is 2.18. The molecule has 0 saturated carbocycles. The molecule has 4 heteroatoms. The number of hydrogen-bond acceptors (Lipinski definition) is 3. The van der Waals surface area contributed by atoms with Gasteiger partial charge >= 0.3 is 0 Å². The van der Waals surface area contributed by atoms with Gasteiger partial charge in [-0.05, 0) is 12.5 Å². The molecule has 0 spiro atoms. The number of nitrogens with two attached hydrogens (primary N) is 1. The number of anilines is 1. The van der Waals surface area contributed by atoms with Crippen molar-refractivity contribution in [3.63, 3.8) is 0 Å². The van der Waals surface area contributed by atoms with Crippen LogP contribution in [0.25, 0.3) is 27.5 Å². The first-order valence-electron chi connectivity index (χ1n) is 7.14. The second-order valence-corrected chi connectivity index (χ2v) is 6.38. The van der Waals surface area contributed by atoms with Crippen LogP contribution in [0.5, 0.6) is 0 Å². The van der Waals surface area contributed by atoms with Crippen molar-refractivity contribution in [2.24, 2.45) is 0 Å². The summed E-state index contributed by atoms with van der Waals surface area (Å²) in [6.07, 6.45) is 0. The lowest BCUT2D eigenvalue weighted by molar-refractivity contribution is 1.23. The molecule has 3 nitrogen and oxygen atoms in total. The molecule has 0 fully saturated rings. The van der Waals surface area contributed by atoms with E-state index in [2.05, 4.69) is 23.5 Å². The highest BCUT2D eigenvalue weighted by atomic mass is 32.1. The van der Waals surface area contributed by atoms with Crippen LogP contribution in [-0.4, -0.2) is 9.38 Å². The van der Waals surface area contributed by atoms with Gasteiger partial charge in [0.1, 0.15) is 11.5 Å². The highest BCUT2D eigenvalue weighted by Crippen LogP contribution is 2.37. The van der Waals surface area contributed by atoms with Gasteiger partial charge in [0.25, 0.3) is 0 Å². The van der Waals surface area contributed by atoms with Gasteiger partial charge in [0.15, 0.2) is 4.96 Å². The number of nitrogens with zero attached hydrogens (tertiary/aromatic N) is 2. The van der Waals surface area contributed by atoms with Crippen molar-refractivity contribution >= 4 is 22.1 Å². The lowest BCUT2D eigenvalue weighted by atomic mass is 10.1. The quantitative estimate of drug-likeness (QED) is 0.587. The minimum absolute atomic E-state index is 0.699. The van der Waals surface area contributed by atoms with Crippen molar-refractivity contribution in [2.75, 3.05) is 5.73 Å². The van der Waals surface area contributed by atoms with Gasteiger partial charge in [0, 0.05) is 10.4 Å². The van der Waals surface area contributed by atoms with Crippen LogP contribution >= 0.6 is 11.3 Å². The molecule has 108 valence electrons. The van der Waals surface area contributed by atoms with E-state index < -0.39 is 0 Å². The number of aromatic nitrogens is 2. The summed E-state index contributed by atoms with van der Waals surface area (Å²) in [4.78, 5) is 6.91. The fourth-order valence-electron chi connectivity index (χ4n) is 2.78. The Morgan fingerprint density at radius 2 is 1.50 bits per heavy atom. The second-order valence-electron chi connectivity index (χ2n) is 5.20. The van der Waals surface area contributed by atoms with E-state index in [-0.39, 0.29) is 0 Å². The van der Waals surface area contributed by atoms with Crippen LogP contribution in [-0.2, 0) is 0 Å². The van der Waals surface area contributed by atoms with E-state index in [9.17, 15) is 0 Å². The van der Waals surface area contributed by atoms with E-state index in [4.69, 9.17) is 10.7 Å². The predicted molar refractivity (Wildman–Crippen MR) is 93.1 cm³/mol. The maximum Gasteiger partial charge on any atom is 0.196 e. The first kappa shape index (κ1) is 13.1. The molecule has 0 unspecified atom stereocenters. The second kappa shape index (κ2) is 5.00. The molecule has 4 rings (SSSR count). The third-order valence-electron chi connectivity index (χ3n) is 3.78. The molecule has 2 N–H and O–H groups in total. The van der Waals surface area contributed by atoms with Crippen LogP contribution in [0.1, 0.15) is 4.88 Å². The fraction of sp³-hybridized carbons (Fsp3) is 0.0556. The molecule has 0 atom stereocenters. The molecule has 2 aromatic carbocycles. The fourth-order valence-corrected chi connectivity index (χ4v) is 3.77. The van der Waals surface area contributed by atoms with Crippen LogP contribution < -0.4 is 5.73 Å². The maximum atomic E-state index is 6.43.